The molecule has 1 atom stereocenters. The van der Waals surface area contributed by atoms with E-state index in [2.05, 4.69) is 5.32 Å². The second-order valence-electron chi connectivity index (χ2n) is 4.27. The molecule has 0 heterocycles. The highest BCUT2D eigenvalue weighted by atomic mass is 19.4. The summed E-state index contributed by atoms with van der Waals surface area (Å²) in [6.45, 7) is 5.08. The van der Waals surface area contributed by atoms with Gasteiger partial charge in [-0.15, -0.1) is 0 Å². The second-order valence-corrected chi connectivity index (χ2v) is 4.27. The van der Waals surface area contributed by atoms with Crippen molar-refractivity contribution in [1.29, 1.82) is 5.26 Å². The Morgan fingerprint density at radius 2 is 1.94 bits per heavy atom. The Bertz CT molecular complexity index is 245. The molecule has 0 rings (SSSR count). The smallest absolute Gasteiger partial charge is 0.301 e. The first-order valence-corrected chi connectivity index (χ1v) is 5.74. The van der Waals surface area contributed by atoms with Gasteiger partial charge in [-0.2, -0.15) is 18.4 Å². The van der Waals surface area contributed by atoms with E-state index in [1.807, 2.05) is 13.0 Å². The van der Waals surface area contributed by atoms with E-state index in [-0.39, 0.29) is 12.6 Å². The molecular formula is C11H20F3N3. The van der Waals surface area contributed by atoms with E-state index in [4.69, 9.17) is 5.26 Å². The Morgan fingerprint density at radius 3 is 2.29 bits per heavy atom. The molecule has 1 N–H and O–H groups in total. The van der Waals surface area contributed by atoms with Gasteiger partial charge in [-0.25, -0.2) is 0 Å². The molecule has 0 fully saturated rings. The number of rotatable bonds is 7. The van der Waals surface area contributed by atoms with Gasteiger partial charge < -0.3 is 5.32 Å². The number of nitrogens with zero attached hydrogens (tertiary/aromatic N) is 2. The van der Waals surface area contributed by atoms with Crippen LogP contribution < -0.4 is 5.32 Å². The molecule has 6 heteroatoms. The maximum absolute atomic E-state index is 12.3. The van der Waals surface area contributed by atoms with Gasteiger partial charge in [0.25, 0.3) is 0 Å². The molecule has 3 nitrogen and oxygen atoms in total. The summed E-state index contributed by atoms with van der Waals surface area (Å²) in [6, 6.07) is 1.19. The van der Waals surface area contributed by atoms with Crippen molar-refractivity contribution in [2.75, 3.05) is 19.6 Å². The second kappa shape index (κ2) is 7.51. The van der Waals surface area contributed by atoms with Gasteiger partial charge in [0.1, 0.15) is 6.04 Å². The van der Waals surface area contributed by atoms with E-state index in [9.17, 15) is 13.2 Å². The molecule has 0 saturated carbocycles. The summed E-state index contributed by atoms with van der Waals surface area (Å²) in [6.07, 6.45) is -3.38. The molecule has 0 radical (unpaired) electrons. The third-order valence-corrected chi connectivity index (χ3v) is 2.33. The van der Waals surface area contributed by atoms with Gasteiger partial charge in [0.05, 0.1) is 12.6 Å². The SMILES string of the molecule is CCCNC(C#N)CN(CC(F)(F)F)C(C)C. The lowest BCUT2D eigenvalue weighted by atomic mass is 10.2. The van der Waals surface area contributed by atoms with Crippen molar-refractivity contribution in [1.82, 2.24) is 10.2 Å². The molecule has 17 heavy (non-hydrogen) atoms. The molecule has 0 aliphatic carbocycles. The van der Waals surface area contributed by atoms with Crippen LogP contribution in [0.1, 0.15) is 27.2 Å². The first kappa shape index (κ1) is 16.2. The third-order valence-electron chi connectivity index (χ3n) is 2.33. The summed E-state index contributed by atoms with van der Waals surface area (Å²) in [4.78, 5) is 1.26. The summed E-state index contributed by atoms with van der Waals surface area (Å²) >= 11 is 0. The van der Waals surface area contributed by atoms with Crippen molar-refractivity contribution >= 4 is 0 Å². The third kappa shape index (κ3) is 8.00. The summed E-state index contributed by atoms with van der Waals surface area (Å²) in [7, 11) is 0. The monoisotopic (exact) mass is 251 g/mol. The zero-order chi connectivity index (χ0) is 13.5. The van der Waals surface area contributed by atoms with Crippen LogP contribution in [-0.4, -0.2) is 42.8 Å². The lowest BCUT2D eigenvalue weighted by Crippen LogP contribution is -2.47. The summed E-state index contributed by atoms with van der Waals surface area (Å²) in [5.74, 6) is 0. The minimum atomic E-state index is -4.23. The van der Waals surface area contributed by atoms with Gasteiger partial charge in [-0.1, -0.05) is 6.92 Å². The van der Waals surface area contributed by atoms with Gasteiger partial charge in [-0.3, -0.25) is 4.90 Å². The summed E-state index contributed by atoms with van der Waals surface area (Å²) in [5.41, 5.74) is 0. The highest BCUT2D eigenvalue weighted by Gasteiger charge is 2.32. The topological polar surface area (TPSA) is 39.1 Å². The van der Waals surface area contributed by atoms with Crippen molar-refractivity contribution < 1.29 is 13.2 Å². The van der Waals surface area contributed by atoms with E-state index in [1.54, 1.807) is 13.8 Å². The van der Waals surface area contributed by atoms with Crippen LogP contribution in [0, 0.1) is 11.3 Å². The summed E-state index contributed by atoms with van der Waals surface area (Å²) in [5, 5.41) is 11.8. The largest absolute Gasteiger partial charge is 0.401 e. The van der Waals surface area contributed by atoms with Crippen LogP contribution in [0.25, 0.3) is 0 Å². The standard InChI is InChI=1S/C11H20F3N3/c1-4-5-16-10(6-15)7-17(9(2)3)8-11(12,13)14/h9-10,16H,4-5,7-8H2,1-3H3. The fourth-order valence-corrected chi connectivity index (χ4v) is 1.39. The number of nitrogens with one attached hydrogen (secondary N) is 1. The Hall–Kier alpha value is -0.800. The number of hydrogen-bond acceptors (Lipinski definition) is 3. The van der Waals surface area contributed by atoms with Crippen molar-refractivity contribution in [3.63, 3.8) is 0 Å². The lowest BCUT2D eigenvalue weighted by molar-refractivity contribution is -0.149. The zero-order valence-corrected chi connectivity index (χ0v) is 10.5. The zero-order valence-electron chi connectivity index (χ0n) is 10.5. The van der Waals surface area contributed by atoms with Crippen molar-refractivity contribution in [3.05, 3.63) is 0 Å². The van der Waals surface area contributed by atoms with Crippen LogP contribution in [0.2, 0.25) is 0 Å². The van der Waals surface area contributed by atoms with E-state index in [0.29, 0.717) is 6.54 Å². The van der Waals surface area contributed by atoms with Crippen LogP contribution in [0.3, 0.4) is 0 Å². The van der Waals surface area contributed by atoms with Crippen molar-refractivity contribution in [3.8, 4) is 6.07 Å². The van der Waals surface area contributed by atoms with E-state index in [0.717, 1.165) is 6.42 Å². The maximum Gasteiger partial charge on any atom is 0.401 e. The Labute approximate surface area is 101 Å². The molecule has 0 aromatic carbocycles. The molecular weight excluding hydrogens is 231 g/mol. The van der Waals surface area contributed by atoms with Gasteiger partial charge >= 0.3 is 6.18 Å². The Balaban J connectivity index is 4.37. The van der Waals surface area contributed by atoms with Crippen LogP contribution in [0.4, 0.5) is 13.2 Å². The van der Waals surface area contributed by atoms with Gasteiger partial charge in [0, 0.05) is 12.6 Å². The molecule has 0 aromatic rings. The average Bonchev–Trinajstić information content (AvgIpc) is 2.20. The predicted octanol–water partition coefficient (Wildman–Crippen LogP) is 2.15. The molecule has 0 spiro atoms. The van der Waals surface area contributed by atoms with Crippen molar-refractivity contribution in [2.24, 2.45) is 0 Å². The summed E-state index contributed by atoms with van der Waals surface area (Å²) < 4.78 is 37.0. The van der Waals surface area contributed by atoms with Crippen LogP contribution in [-0.2, 0) is 0 Å². The van der Waals surface area contributed by atoms with Gasteiger partial charge in [-0.05, 0) is 26.8 Å². The van der Waals surface area contributed by atoms with Crippen molar-refractivity contribution in [2.45, 2.75) is 45.5 Å². The molecule has 100 valence electrons. The number of alkyl halides is 3. The van der Waals surface area contributed by atoms with E-state index < -0.39 is 18.8 Å². The molecule has 0 aliphatic heterocycles. The number of nitriles is 1. The first-order valence-electron chi connectivity index (χ1n) is 5.74. The Kier molecular flexibility index (Phi) is 7.16. The van der Waals surface area contributed by atoms with E-state index in [1.165, 1.54) is 4.90 Å². The van der Waals surface area contributed by atoms with E-state index >= 15 is 0 Å². The molecule has 1 unspecified atom stereocenters. The van der Waals surface area contributed by atoms with Crippen LogP contribution in [0.5, 0.6) is 0 Å². The normalized spacial score (nSPS) is 14.1. The molecule has 0 amide bonds. The highest BCUT2D eigenvalue weighted by Crippen LogP contribution is 2.18. The Morgan fingerprint density at radius 1 is 1.35 bits per heavy atom. The minimum absolute atomic E-state index is 0.0909. The molecule has 0 aliphatic rings. The van der Waals surface area contributed by atoms with Gasteiger partial charge in [0.2, 0.25) is 0 Å². The minimum Gasteiger partial charge on any atom is -0.301 e. The number of halogens is 3. The van der Waals surface area contributed by atoms with Crippen LogP contribution in [0.15, 0.2) is 0 Å². The predicted molar refractivity (Wildman–Crippen MR) is 60.5 cm³/mol. The van der Waals surface area contributed by atoms with Gasteiger partial charge in [0.15, 0.2) is 0 Å². The highest BCUT2D eigenvalue weighted by molar-refractivity contribution is 4.92. The fourth-order valence-electron chi connectivity index (χ4n) is 1.39. The fraction of sp³-hybridized carbons (Fsp3) is 0.909. The lowest BCUT2D eigenvalue weighted by Gasteiger charge is -2.29. The quantitative estimate of drug-likeness (QED) is 0.753. The van der Waals surface area contributed by atoms with Crippen LogP contribution >= 0.6 is 0 Å². The average molecular weight is 251 g/mol. The first-order chi connectivity index (χ1) is 7.80. The molecule has 0 aromatic heterocycles. The maximum atomic E-state index is 12.3. The number of hydrogen-bond donors (Lipinski definition) is 1. The molecule has 0 bridgehead atoms. The molecule has 0 saturated heterocycles.